The summed E-state index contributed by atoms with van der Waals surface area (Å²) in [6, 6.07) is 9.58. The van der Waals surface area contributed by atoms with Crippen LogP contribution in [0.25, 0.3) is 0 Å². The van der Waals surface area contributed by atoms with Gasteiger partial charge in [-0.3, -0.25) is 19.0 Å². The number of aromatic amines is 1. The number of Topliss-reactive ketones (excluding diaryl/α,β-unsaturated/α-hetero) is 1. The number of amides is 1. The van der Waals surface area contributed by atoms with Crippen LogP contribution in [0, 0.1) is 5.92 Å². The first-order chi connectivity index (χ1) is 13.0. The fourth-order valence-corrected chi connectivity index (χ4v) is 3.42. The SMILES string of the molecule is Cn1c(=O)[nH]cc(CC(=O)N2CCC[C@@H](C(=O)Cc3ccccc3)C2)c1=O. The molecule has 1 amide bonds. The number of carbonyl (C=O) groups is 2. The highest BCUT2D eigenvalue weighted by Gasteiger charge is 2.28. The molecule has 0 radical (unpaired) electrons. The van der Waals surface area contributed by atoms with E-state index >= 15 is 0 Å². The van der Waals surface area contributed by atoms with Crippen LogP contribution in [0.15, 0.2) is 46.1 Å². The molecule has 0 unspecified atom stereocenters. The van der Waals surface area contributed by atoms with Gasteiger partial charge in [-0.05, 0) is 18.4 Å². The van der Waals surface area contributed by atoms with Crippen LogP contribution in [0.4, 0.5) is 0 Å². The van der Waals surface area contributed by atoms with E-state index in [2.05, 4.69) is 4.98 Å². The first-order valence-electron chi connectivity index (χ1n) is 9.07. The van der Waals surface area contributed by atoms with Gasteiger partial charge in [0.25, 0.3) is 5.56 Å². The Morgan fingerprint density at radius 2 is 1.89 bits per heavy atom. The standard InChI is InChI=1S/C20H23N3O4/c1-22-19(26)16(12-21-20(22)27)11-18(25)23-9-5-8-15(13-23)17(24)10-14-6-3-2-4-7-14/h2-4,6-7,12,15H,5,8-11,13H2,1H3,(H,21,27)/t15-/m1/s1. The molecule has 27 heavy (non-hydrogen) atoms. The lowest BCUT2D eigenvalue weighted by atomic mass is 9.90. The summed E-state index contributed by atoms with van der Waals surface area (Å²) in [5.41, 5.74) is 0.240. The number of likely N-dealkylation sites (tertiary alicyclic amines) is 1. The Balaban J connectivity index is 1.64. The van der Waals surface area contributed by atoms with Gasteiger partial charge < -0.3 is 9.88 Å². The first-order valence-corrected chi connectivity index (χ1v) is 9.07. The van der Waals surface area contributed by atoms with Crippen LogP contribution in [0.1, 0.15) is 24.0 Å². The van der Waals surface area contributed by atoms with Crippen LogP contribution in [-0.4, -0.2) is 39.2 Å². The lowest BCUT2D eigenvalue weighted by Crippen LogP contribution is -2.44. The summed E-state index contributed by atoms with van der Waals surface area (Å²) in [5, 5.41) is 0. The number of piperidine rings is 1. The quantitative estimate of drug-likeness (QED) is 0.838. The van der Waals surface area contributed by atoms with Crippen LogP contribution < -0.4 is 11.2 Å². The number of nitrogens with one attached hydrogen (secondary N) is 1. The Kier molecular flexibility index (Phi) is 5.69. The van der Waals surface area contributed by atoms with Crippen LogP contribution >= 0.6 is 0 Å². The van der Waals surface area contributed by atoms with Crippen molar-refractivity contribution in [3.05, 3.63) is 68.5 Å². The summed E-state index contributed by atoms with van der Waals surface area (Å²) in [4.78, 5) is 52.8. The second-order valence-electron chi connectivity index (χ2n) is 6.97. The number of H-pyrrole nitrogens is 1. The minimum atomic E-state index is -0.513. The van der Waals surface area contributed by atoms with Gasteiger partial charge in [0.2, 0.25) is 5.91 Å². The van der Waals surface area contributed by atoms with Gasteiger partial charge in [0.05, 0.1) is 6.42 Å². The van der Waals surface area contributed by atoms with E-state index in [1.807, 2.05) is 30.3 Å². The minimum absolute atomic E-state index is 0.0803. The number of ketones is 1. The summed E-state index contributed by atoms with van der Waals surface area (Å²) < 4.78 is 0.949. The molecular formula is C20H23N3O4. The molecule has 7 nitrogen and oxygen atoms in total. The average Bonchev–Trinajstić information content (AvgIpc) is 2.69. The highest BCUT2D eigenvalue weighted by atomic mass is 16.2. The molecule has 2 heterocycles. The van der Waals surface area contributed by atoms with E-state index in [0.717, 1.165) is 23.0 Å². The number of hydrogen-bond donors (Lipinski definition) is 1. The zero-order valence-corrected chi connectivity index (χ0v) is 15.3. The second-order valence-corrected chi connectivity index (χ2v) is 6.97. The Morgan fingerprint density at radius 3 is 2.63 bits per heavy atom. The van der Waals surface area contributed by atoms with Crippen molar-refractivity contribution in [2.24, 2.45) is 13.0 Å². The van der Waals surface area contributed by atoms with Gasteiger partial charge in [0, 0.05) is 44.2 Å². The largest absolute Gasteiger partial charge is 0.342 e. The summed E-state index contributed by atoms with van der Waals surface area (Å²) in [6.07, 6.45) is 3.12. The average molecular weight is 369 g/mol. The van der Waals surface area contributed by atoms with E-state index < -0.39 is 11.2 Å². The predicted molar refractivity (Wildman–Crippen MR) is 100 cm³/mol. The monoisotopic (exact) mass is 369 g/mol. The first kappa shape index (κ1) is 18.8. The normalized spacial score (nSPS) is 16.9. The number of nitrogens with zero attached hydrogens (tertiary/aromatic N) is 2. The van der Waals surface area contributed by atoms with Crippen molar-refractivity contribution >= 4 is 11.7 Å². The molecule has 1 saturated heterocycles. The van der Waals surface area contributed by atoms with Gasteiger partial charge in [0.15, 0.2) is 0 Å². The molecule has 3 rings (SSSR count). The number of rotatable bonds is 5. The van der Waals surface area contributed by atoms with E-state index in [0.29, 0.717) is 19.5 Å². The van der Waals surface area contributed by atoms with Gasteiger partial charge in [-0.2, -0.15) is 0 Å². The number of hydrogen-bond acceptors (Lipinski definition) is 4. The van der Waals surface area contributed by atoms with Crippen molar-refractivity contribution in [2.45, 2.75) is 25.7 Å². The Bertz CT molecular complexity index is 946. The predicted octanol–water partition coefficient (Wildman–Crippen LogP) is 0.666. The van der Waals surface area contributed by atoms with Crippen LogP contribution in [0.3, 0.4) is 0 Å². The maximum absolute atomic E-state index is 12.6. The smallest absolute Gasteiger partial charge is 0.328 e. The maximum atomic E-state index is 12.6. The zero-order chi connectivity index (χ0) is 19.4. The molecule has 1 fully saturated rings. The molecule has 0 bridgehead atoms. The second kappa shape index (κ2) is 8.16. The van der Waals surface area contributed by atoms with Crippen LogP contribution in [0.5, 0.6) is 0 Å². The number of carbonyl (C=O) groups excluding carboxylic acids is 2. The van der Waals surface area contributed by atoms with E-state index in [-0.39, 0.29) is 29.6 Å². The van der Waals surface area contributed by atoms with E-state index in [1.165, 1.54) is 13.2 Å². The van der Waals surface area contributed by atoms with Crippen molar-refractivity contribution in [1.29, 1.82) is 0 Å². The molecule has 1 aromatic carbocycles. The molecule has 1 atom stereocenters. The lowest BCUT2D eigenvalue weighted by molar-refractivity contribution is -0.134. The van der Waals surface area contributed by atoms with Crippen molar-refractivity contribution in [3.8, 4) is 0 Å². The maximum Gasteiger partial charge on any atom is 0.328 e. The van der Waals surface area contributed by atoms with E-state index in [1.54, 1.807) is 4.90 Å². The molecule has 1 N–H and O–H groups in total. The summed E-state index contributed by atoms with van der Waals surface area (Å²) in [6.45, 7) is 0.964. The third-order valence-electron chi connectivity index (χ3n) is 5.05. The van der Waals surface area contributed by atoms with Crippen LogP contribution in [0.2, 0.25) is 0 Å². The summed E-state index contributed by atoms with van der Waals surface area (Å²) in [7, 11) is 1.37. The lowest BCUT2D eigenvalue weighted by Gasteiger charge is -2.32. The molecule has 7 heteroatoms. The van der Waals surface area contributed by atoms with Crippen molar-refractivity contribution in [3.63, 3.8) is 0 Å². The number of benzene rings is 1. The molecule has 0 spiro atoms. The Morgan fingerprint density at radius 1 is 1.15 bits per heavy atom. The van der Waals surface area contributed by atoms with Crippen molar-refractivity contribution in [2.75, 3.05) is 13.1 Å². The van der Waals surface area contributed by atoms with Gasteiger partial charge >= 0.3 is 5.69 Å². The highest BCUT2D eigenvalue weighted by Crippen LogP contribution is 2.20. The molecule has 0 saturated carbocycles. The van der Waals surface area contributed by atoms with E-state index in [9.17, 15) is 19.2 Å². The van der Waals surface area contributed by atoms with Gasteiger partial charge in [-0.1, -0.05) is 30.3 Å². The third-order valence-corrected chi connectivity index (χ3v) is 5.05. The van der Waals surface area contributed by atoms with Gasteiger partial charge in [-0.15, -0.1) is 0 Å². The zero-order valence-electron chi connectivity index (χ0n) is 15.3. The Labute approximate surface area is 156 Å². The molecule has 1 aliphatic rings. The molecule has 0 aliphatic carbocycles. The van der Waals surface area contributed by atoms with Gasteiger partial charge in [-0.25, -0.2) is 4.79 Å². The van der Waals surface area contributed by atoms with E-state index in [4.69, 9.17) is 0 Å². The fourth-order valence-electron chi connectivity index (χ4n) is 3.42. The number of aromatic nitrogens is 2. The van der Waals surface area contributed by atoms with Crippen molar-refractivity contribution < 1.29 is 9.59 Å². The molecule has 142 valence electrons. The fraction of sp³-hybridized carbons (Fsp3) is 0.400. The van der Waals surface area contributed by atoms with Gasteiger partial charge in [0.1, 0.15) is 5.78 Å². The summed E-state index contributed by atoms with van der Waals surface area (Å²) >= 11 is 0. The molecule has 1 aromatic heterocycles. The molecule has 2 aromatic rings. The highest BCUT2D eigenvalue weighted by molar-refractivity contribution is 5.85. The van der Waals surface area contributed by atoms with Crippen molar-refractivity contribution in [1.82, 2.24) is 14.5 Å². The summed E-state index contributed by atoms with van der Waals surface area (Å²) in [5.74, 6) is -0.240. The third kappa shape index (κ3) is 4.42. The molecule has 1 aliphatic heterocycles. The minimum Gasteiger partial charge on any atom is -0.342 e. The Hall–Kier alpha value is -2.96. The molecular weight excluding hydrogens is 346 g/mol. The topological polar surface area (TPSA) is 92.2 Å². The van der Waals surface area contributed by atoms with Crippen LogP contribution in [-0.2, 0) is 29.5 Å².